The van der Waals surface area contributed by atoms with Crippen LogP contribution in [0.25, 0.3) is 11.4 Å². The van der Waals surface area contributed by atoms with Gasteiger partial charge in [0.15, 0.2) is 5.82 Å². The first-order valence-corrected chi connectivity index (χ1v) is 8.48. The van der Waals surface area contributed by atoms with Crippen LogP contribution in [-0.2, 0) is 14.8 Å². The van der Waals surface area contributed by atoms with Gasteiger partial charge < -0.3 is 5.11 Å². The van der Waals surface area contributed by atoms with E-state index in [0.717, 1.165) is 9.87 Å². The highest BCUT2D eigenvalue weighted by Gasteiger charge is 2.26. The van der Waals surface area contributed by atoms with E-state index in [2.05, 4.69) is 9.97 Å². The Labute approximate surface area is 134 Å². The zero-order valence-corrected chi connectivity index (χ0v) is 13.4. The third-order valence-electron chi connectivity index (χ3n) is 3.08. The number of aliphatic carboxylic acids is 1. The van der Waals surface area contributed by atoms with Crippen molar-refractivity contribution in [2.75, 3.05) is 13.1 Å². The Morgan fingerprint density at radius 3 is 2.30 bits per heavy atom. The largest absolute Gasteiger partial charge is 0.480 e. The number of aromatic nitrogens is 2. The van der Waals surface area contributed by atoms with E-state index >= 15 is 0 Å². The van der Waals surface area contributed by atoms with Crippen LogP contribution in [0.15, 0.2) is 47.6 Å². The maximum Gasteiger partial charge on any atom is 0.318 e. The van der Waals surface area contributed by atoms with Crippen molar-refractivity contribution in [2.45, 2.75) is 18.2 Å². The molecule has 122 valence electrons. The molecule has 1 N–H and O–H groups in total. The minimum atomic E-state index is -3.93. The number of hydrogen-bond acceptors (Lipinski definition) is 5. The van der Waals surface area contributed by atoms with E-state index in [9.17, 15) is 13.2 Å². The van der Waals surface area contributed by atoms with Crippen molar-refractivity contribution in [2.24, 2.45) is 0 Å². The first kappa shape index (κ1) is 17.0. The van der Waals surface area contributed by atoms with Crippen LogP contribution in [0, 0.1) is 0 Å². The summed E-state index contributed by atoms with van der Waals surface area (Å²) in [6.07, 6.45) is 2.92. The monoisotopic (exact) mass is 335 g/mol. The quantitative estimate of drug-likeness (QED) is 0.825. The van der Waals surface area contributed by atoms with Gasteiger partial charge in [-0.05, 0) is 6.42 Å². The summed E-state index contributed by atoms with van der Waals surface area (Å²) in [7, 11) is -3.93. The lowest BCUT2D eigenvalue weighted by atomic mass is 10.2. The molecule has 0 amide bonds. The van der Waals surface area contributed by atoms with Gasteiger partial charge in [0.25, 0.3) is 0 Å². The number of nitrogens with zero attached hydrogens (tertiary/aromatic N) is 3. The summed E-state index contributed by atoms with van der Waals surface area (Å²) in [5, 5.41) is 8.88. The molecule has 0 radical (unpaired) electrons. The van der Waals surface area contributed by atoms with Crippen LogP contribution in [-0.4, -0.2) is 46.9 Å². The van der Waals surface area contributed by atoms with Gasteiger partial charge in [-0.15, -0.1) is 0 Å². The van der Waals surface area contributed by atoms with Gasteiger partial charge >= 0.3 is 5.97 Å². The second-order valence-corrected chi connectivity index (χ2v) is 6.78. The van der Waals surface area contributed by atoms with Gasteiger partial charge in [0.1, 0.15) is 11.4 Å². The molecule has 0 saturated carbocycles. The topological polar surface area (TPSA) is 100 Å². The molecule has 0 saturated heterocycles. The third kappa shape index (κ3) is 4.11. The fourth-order valence-electron chi connectivity index (χ4n) is 2.02. The summed E-state index contributed by atoms with van der Waals surface area (Å²) < 4.78 is 25.9. The Hall–Kier alpha value is -2.32. The summed E-state index contributed by atoms with van der Waals surface area (Å²) >= 11 is 0. The molecule has 0 atom stereocenters. The van der Waals surface area contributed by atoms with E-state index in [-0.39, 0.29) is 11.4 Å². The smallest absolute Gasteiger partial charge is 0.318 e. The molecule has 0 spiro atoms. The van der Waals surface area contributed by atoms with Crippen LogP contribution in [0.1, 0.15) is 13.3 Å². The molecular formula is C15H17N3O4S. The summed E-state index contributed by atoms with van der Waals surface area (Å²) in [5.74, 6) is -0.798. The Balaban J connectivity index is 2.31. The van der Waals surface area contributed by atoms with Crippen molar-refractivity contribution in [1.29, 1.82) is 0 Å². The molecule has 2 rings (SSSR count). The van der Waals surface area contributed by atoms with Crippen LogP contribution in [0.3, 0.4) is 0 Å². The molecule has 1 heterocycles. The normalized spacial score (nSPS) is 11.6. The minimum absolute atomic E-state index is 0.119. The second kappa shape index (κ2) is 7.30. The number of carbonyl (C=O) groups is 1. The van der Waals surface area contributed by atoms with Gasteiger partial charge in [0.2, 0.25) is 10.0 Å². The maximum atomic E-state index is 12.5. The van der Waals surface area contributed by atoms with Crippen LogP contribution in [0.4, 0.5) is 0 Å². The zero-order chi connectivity index (χ0) is 16.9. The molecule has 0 bridgehead atoms. The summed E-state index contributed by atoms with van der Waals surface area (Å²) in [5.41, 5.74) is 0.771. The predicted molar refractivity (Wildman–Crippen MR) is 84.2 cm³/mol. The van der Waals surface area contributed by atoms with E-state index in [1.165, 1.54) is 12.4 Å². The van der Waals surface area contributed by atoms with Gasteiger partial charge in [0.05, 0.1) is 12.4 Å². The van der Waals surface area contributed by atoms with Crippen molar-refractivity contribution < 1.29 is 18.3 Å². The highest BCUT2D eigenvalue weighted by Crippen LogP contribution is 2.18. The molecule has 2 aromatic rings. The predicted octanol–water partition coefficient (Wildman–Crippen LogP) is 1.63. The summed E-state index contributed by atoms with van der Waals surface area (Å²) in [6, 6.07) is 9.16. The molecule has 1 aromatic heterocycles. The zero-order valence-electron chi connectivity index (χ0n) is 12.6. The van der Waals surface area contributed by atoms with Gasteiger partial charge in [-0.2, -0.15) is 4.31 Å². The molecule has 23 heavy (non-hydrogen) atoms. The molecule has 1 aromatic carbocycles. The molecule has 7 nitrogen and oxygen atoms in total. The number of rotatable bonds is 7. The van der Waals surface area contributed by atoms with E-state index < -0.39 is 22.5 Å². The third-order valence-corrected chi connectivity index (χ3v) is 4.88. The van der Waals surface area contributed by atoms with E-state index in [4.69, 9.17) is 5.11 Å². The fraction of sp³-hybridized carbons (Fsp3) is 0.267. The summed E-state index contributed by atoms with van der Waals surface area (Å²) in [4.78, 5) is 18.9. The van der Waals surface area contributed by atoms with Crippen molar-refractivity contribution in [3.8, 4) is 11.4 Å². The molecule has 0 aliphatic heterocycles. The molecule has 8 heteroatoms. The first-order valence-electron chi connectivity index (χ1n) is 7.04. The van der Waals surface area contributed by atoms with Gasteiger partial charge in [-0.1, -0.05) is 37.3 Å². The molecular weight excluding hydrogens is 318 g/mol. The standard InChI is InChI=1S/C15H17N3O4S/c1-2-8-18(11-14(19)20)23(21,22)13-9-16-15(17-10-13)12-6-4-3-5-7-12/h3-7,9-10H,2,8,11H2,1H3,(H,19,20). The molecule has 0 aliphatic rings. The molecule has 0 unspecified atom stereocenters. The Kier molecular flexibility index (Phi) is 5.41. The first-order chi connectivity index (χ1) is 10.9. The van der Waals surface area contributed by atoms with Crippen molar-refractivity contribution in [3.05, 3.63) is 42.7 Å². The van der Waals surface area contributed by atoms with Gasteiger partial charge in [-0.3, -0.25) is 4.79 Å². The average molecular weight is 335 g/mol. The van der Waals surface area contributed by atoms with E-state index in [1.807, 2.05) is 30.3 Å². The number of hydrogen-bond donors (Lipinski definition) is 1. The van der Waals surface area contributed by atoms with E-state index in [1.54, 1.807) is 6.92 Å². The Morgan fingerprint density at radius 1 is 1.17 bits per heavy atom. The Bertz CT molecular complexity index is 761. The number of benzene rings is 1. The lowest BCUT2D eigenvalue weighted by Gasteiger charge is -2.19. The van der Waals surface area contributed by atoms with Crippen LogP contribution >= 0.6 is 0 Å². The molecule has 0 fully saturated rings. The maximum absolute atomic E-state index is 12.5. The van der Waals surface area contributed by atoms with Gasteiger partial charge in [-0.25, -0.2) is 18.4 Å². The lowest BCUT2D eigenvalue weighted by molar-refractivity contribution is -0.137. The second-order valence-electron chi connectivity index (χ2n) is 4.84. The minimum Gasteiger partial charge on any atom is -0.480 e. The highest BCUT2D eigenvalue weighted by molar-refractivity contribution is 7.89. The highest BCUT2D eigenvalue weighted by atomic mass is 32.2. The SMILES string of the molecule is CCCN(CC(=O)O)S(=O)(=O)c1cnc(-c2ccccc2)nc1. The molecule has 0 aliphatic carbocycles. The lowest BCUT2D eigenvalue weighted by Crippen LogP contribution is -2.36. The number of carboxylic acids is 1. The fourth-order valence-corrected chi connectivity index (χ4v) is 3.39. The van der Waals surface area contributed by atoms with Crippen molar-refractivity contribution >= 4 is 16.0 Å². The number of sulfonamides is 1. The van der Waals surface area contributed by atoms with Crippen LogP contribution < -0.4 is 0 Å². The van der Waals surface area contributed by atoms with Gasteiger partial charge in [0, 0.05) is 12.1 Å². The summed E-state index contributed by atoms with van der Waals surface area (Å²) in [6.45, 7) is 1.31. The van der Waals surface area contributed by atoms with Crippen LogP contribution in [0.2, 0.25) is 0 Å². The van der Waals surface area contributed by atoms with E-state index in [0.29, 0.717) is 12.2 Å². The van der Waals surface area contributed by atoms with Crippen molar-refractivity contribution in [1.82, 2.24) is 14.3 Å². The number of carboxylic acid groups (broad SMARTS) is 1. The Morgan fingerprint density at radius 2 is 1.78 bits per heavy atom. The van der Waals surface area contributed by atoms with Crippen LogP contribution in [0.5, 0.6) is 0 Å². The average Bonchev–Trinajstić information content (AvgIpc) is 2.55. The van der Waals surface area contributed by atoms with Crippen molar-refractivity contribution in [3.63, 3.8) is 0 Å².